The van der Waals surface area contributed by atoms with E-state index in [0.717, 1.165) is 25.9 Å². The van der Waals surface area contributed by atoms with Gasteiger partial charge in [-0.15, -0.1) is 0 Å². The molecule has 0 atom stereocenters. The summed E-state index contributed by atoms with van der Waals surface area (Å²) in [7, 11) is 0. The molecule has 0 aliphatic carbocycles. The highest BCUT2D eigenvalue weighted by atomic mass is 15.0. The highest BCUT2D eigenvalue weighted by Gasteiger charge is 2.03. The Labute approximate surface area is 97.8 Å². The number of rotatable bonds is 3. The molecule has 0 spiro atoms. The van der Waals surface area contributed by atoms with E-state index in [-0.39, 0.29) is 0 Å². The molecule has 2 rings (SSSR count). The molecule has 1 aliphatic rings. The fraction of sp³-hybridized carbons (Fsp3) is 0.500. The second kappa shape index (κ2) is 5.69. The summed E-state index contributed by atoms with van der Waals surface area (Å²) in [6.07, 6.45) is 4.76. The molecule has 86 valence electrons. The SMILES string of the molecule is Cc1cccc(CCNC2=NCCCC2)c1. The molecule has 0 saturated heterocycles. The predicted molar refractivity (Wildman–Crippen MR) is 69.0 cm³/mol. The van der Waals surface area contributed by atoms with Gasteiger partial charge in [-0.2, -0.15) is 0 Å². The number of hydrogen-bond acceptors (Lipinski definition) is 2. The predicted octanol–water partition coefficient (Wildman–Crippen LogP) is 2.71. The van der Waals surface area contributed by atoms with Crippen molar-refractivity contribution in [3.63, 3.8) is 0 Å². The Hall–Kier alpha value is -1.31. The van der Waals surface area contributed by atoms with Crippen molar-refractivity contribution in [2.45, 2.75) is 32.6 Å². The fourth-order valence-electron chi connectivity index (χ4n) is 2.06. The van der Waals surface area contributed by atoms with Gasteiger partial charge < -0.3 is 5.32 Å². The second-order valence-electron chi connectivity index (χ2n) is 4.45. The number of aliphatic imine (C=N–C) groups is 1. The van der Waals surface area contributed by atoms with Crippen molar-refractivity contribution < 1.29 is 0 Å². The van der Waals surface area contributed by atoms with Crippen LogP contribution in [0.4, 0.5) is 0 Å². The van der Waals surface area contributed by atoms with Crippen molar-refractivity contribution in [3.05, 3.63) is 35.4 Å². The molecule has 1 N–H and O–H groups in total. The van der Waals surface area contributed by atoms with Crippen LogP contribution < -0.4 is 5.32 Å². The van der Waals surface area contributed by atoms with Gasteiger partial charge in [0.25, 0.3) is 0 Å². The molecule has 0 saturated carbocycles. The van der Waals surface area contributed by atoms with Crippen LogP contribution in [0.25, 0.3) is 0 Å². The molecular weight excluding hydrogens is 196 g/mol. The maximum Gasteiger partial charge on any atom is 0.0963 e. The first-order chi connectivity index (χ1) is 7.84. The molecule has 16 heavy (non-hydrogen) atoms. The third-order valence-electron chi connectivity index (χ3n) is 2.95. The van der Waals surface area contributed by atoms with Crippen molar-refractivity contribution in [3.8, 4) is 0 Å². The van der Waals surface area contributed by atoms with Gasteiger partial charge >= 0.3 is 0 Å². The van der Waals surface area contributed by atoms with E-state index in [1.54, 1.807) is 0 Å². The smallest absolute Gasteiger partial charge is 0.0963 e. The number of nitrogens with one attached hydrogen (secondary N) is 1. The lowest BCUT2D eigenvalue weighted by molar-refractivity contribution is 0.704. The van der Waals surface area contributed by atoms with Gasteiger partial charge in [-0.25, -0.2) is 0 Å². The van der Waals surface area contributed by atoms with Crippen LogP contribution in [0, 0.1) is 6.92 Å². The summed E-state index contributed by atoms with van der Waals surface area (Å²) in [5.41, 5.74) is 2.75. The van der Waals surface area contributed by atoms with Crippen LogP contribution in [-0.4, -0.2) is 18.9 Å². The molecule has 2 nitrogen and oxygen atoms in total. The minimum Gasteiger partial charge on any atom is -0.374 e. The average molecular weight is 216 g/mol. The number of amidine groups is 1. The molecule has 1 aromatic rings. The van der Waals surface area contributed by atoms with Crippen LogP contribution >= 0.6 is 0 Å². The summed E-state index contributed by atoms with van der Waals surface area (Å²) in [4.78, 5) is 4.48. The Morgan fingerprint density at radius 3 is 3.00 bits per heavy atom. The lowest BCUT2D eigenvalue weighted by Crippen LogP contribution is -2.27. The van der Waals surface area contributed by atoms with Crippen LogP contribution in [0.5, 0.6) is 0 Å². The van der Waals surface area contributed by atoms with Gasteiger partial charge in [0.15, 0.2) is 0 Å². The molecule has 1 aliphatic heterocycles. The molecule has 0 radical (unpaired) electrons. The summed E-state index contributed by atoms with van der Waals surface area (Å²) < 4.78 is 0. The maximum atomic E-state index is 4.48. The molecule has 0 unspecified atom stereocenters. The van der Waals surface area contributed by atoms with Gasteiger partial charge in [-0.3, -0.25) is 4.99 Å². The molecular formula is C14H20N2. The number of hydrogen-bond donors (Lipinski definition) is 1. The van der Waals surface area contributed by atoms with Gasteiger partial charge in [0, 0.05) is 19.5 Å². The van der Waals surface area contributed by atoms with Crippen LogP contribution in [0.2, 0.25) is 0 Å². The number of aryl methyl sites for hydroxylation is 1. The Morgan fingerprint density at radius 1 is 1.31 bits per heavy atom. The quantitative estimate of drug-likeness (QED) is 0.825. The normalized spacial score (nSPS) is 15.7. The topological polar surface area (TPSA) is 24.4 Å². The molecule has 1 aromatic carbocycles. The standard InChI is InChI=1S/C14H20N2/c1-12-5-4-6-13(11-12)8-10-16-14-7-2-3-9-15-14/h4-6,11H,2-3,7-10H2,1H3,(H,15,16). The number of benzene rings is 1. The van der Waals surface area contributed by atoms with Gasteiger partial charge in [-0.1, -0.05) is 29.8 Å². The Bertz CT molecular complexity index is 369. The fourth-order valence-corrected chi connectivity index (χ4v) is 2.06. The van der Waals surface area contributed by atoms with Gasteiger partial charge in [0.05, 0.1) is 5.84 Å². The van der Waals surface area contributed by atoms with Crippen LogP contribution in [0.1, 0.15) is 30.4 Å². The Kier molecular flexibility index (Phi) is 3.97. The molecule has 1 heterocycles. The zero-order valence-electron chi connectivity index (χ0n) is 10.00. The van der Waals surface area contributed by atoms with E-state index in [0.29, 0.717) is 0 Å². The summed E-state index contributed by atoms with van der Waals surface area (Å²) in [5.74, 6) is 1.21. The van der Waals surface area contributed by atoms with E-state index in [4.69, 9.17) is 0 Å². The third-order valence-corrected chi connectivity index (χ3v) is 2.95. The van der Waals surface area contributed by atoms with E-state index in [1.165, 1.54) is 29.8 Å². The molecule has 0 bridgehead atoms. The van der Waals surface area contributed by atoms with Crippen molar-refractivity contribution in [1.29, 1.82) is 0 Å². The van der Waals surface area contributed by atoms with E-state index in [2.05, 4.69) is 41.5 Å². The first-order valence-electron chi connectivity index (χ1n) is 6.17. The Balaban J connectivity index is 1.77. The summed E-state index contributed by atoms with van der Waals surface area (Å²) in [5, 5.41) is 3.44. The zero-order chi connectivity index (χ0) is 11.2. The minimum atomic E-state index is 1.00. The summed E-state index contributed by atoms with van der Waals surface area (Å²) in [6, 6.07) is 8.71. The number of nitrogens with zero attached hydrogens (tertiary/aromatic N) is 1. The van der Waals surface area contributed by atoms with Crippen LogP contribution in [0.3, 0.4) is 0 Å². The van der Waals surface area contributed by atoms with Crippen molar-refractivity contribution in [2.24, 2.45) is 4.99 Å². The lowest BCUT2D eigenvalue weighted by atomic mass is 10.1. The van der Waals surface area contributed by atoms with E-state index >= 15 is 0 Å². The van der Waals surface area contributed by atoms with Gasteiger partial charge in [-0.05, 0) is 31.7 Å². The Morgan fingerprint density at radius 2 is 2.25 bits per heavy atom. The highest BCUT2D eigenvalue weighted by Crippen LogP contribution is 2.06. The largest absolute Gasteiger partial charge is 0.374 e. The van der Waals surface area contributed by atoms with Crippen molar-refractivity contribution in [1.82, 2.24) is 5.32 Å². The zero-order valence-corrected chi connectivity index (χ0v) is 10.00. The maximum absolute atomic E-state index is 4.48. The van der Waals surface area contributed by atoms with Gasteiger partial charge in [0.1, 0.15) is 0 Å². The second-order valence-corrected chi connectivity index (χ2v) is 4.45. The highest BCUT2D eigenvalue weighted by molar-refractivity contribution is 5.82. The molecule has 0 fully saturated rings. The van der Waals surface area contributed by atoms with Crippen LogP contribution in [0.15, 0.2) is 29.3 Å². The molecule has 0 aromatic heterocycles. The van der Waals surface area contributed by atoms with E-state index in [9.17, 15) is 0 Å². The van der Waals surface area contributed by atoms with E-state index in [1.807, 2.05) is 0 Å². The van der Waals surface area contributed by atoms with Crippen LogP contribution in [-0.2, 0) is 6.42 Å². The summed E-state index contributed by atoms with van der Waals surface area (Å²) in [6.45, 7) is 4.15. The average Bonchev–Trinajstić information content (AvgIpc) is 2.30. The minimum absolute atomic E-state index is 1.00. The molecule has 0 amide bonds. The first-order valence-corrected chi connectivity index (χ1v) is 6.17. The monoisotopic (exact) mass is 216 g/mol. The third kappa shape index (κ3) is 3.37. The lowest BCUT2D eigenvalue weighted by Gasteiger charge is -2.13. The van der Waals surface area contributed by atoms with Crippen molar-refractivity contribution in [2.75, 3.05) is 13.1 Å². The summed E-state index contributed by atoms with van der Waals surface area (Å²) >= 11 is 0. The molecule has 2 heteroatoms. The van der Waals surface area contributed by atoms with Crippen molar-refractivity contribution >= 4 is 5.84 Å². The van der Waals surface area contributed by atoms with E-state index < -0.39 is 0 Å². The van der Waals surface area contributed by atoms with Gasteiger partial charge in [0.2, 0.25) is 0 Å². The first kappa shape index (κ1) is 11.2.